The van der Waals surface area contributed by atoms with Crippen LogP contribution < -0.4 is 5.32 Å². The number of rotatable bonds is 5. The number of carbonyl (C=O) groups excluding carboxylic acids is 1. The Balaban J connectivity index is 1.55. The number of amides is 1. The standard InChI is InChI=1S/C21H23N3OS2/c1-3-14-8-4-6-10-16(14)24-18(25)12-26-20-19-15-9-5-7-11-17(15)27-21(19)23-13(2)22-20/h4,6,8,10H,3,5,7,9,11-12H2,1-2H3,(H,24,25). The molecule has 6 heteroatoms. The van der Waals surface area contributed by atoms with E-state index in [0.717, 1.165) is 46.2 Å². The Morgan fingerprint density at radius 2 is 2.04 bits per heavy atom. The molecule has 4 rings (SSSR count). The molecule has 27 heavy (non-hydrogen) atoms. The SMILES string of the molecule is CCc1ccccc1NC(=O)CSc1nc(C)nc2sc3c(c12)CCCC3. The van der Waals surface area contributed by atoms with Gasteiger partial charge >= 0.3 is 0 Å². The lowest BCUT2D eigenvalue weighted by Gasteiger charge is -2.12. The van der Waals surface area contributed by atoms with Crippen molar-refractivity contribution in [3.05, 3.63) is 46.1 Å². The van der Waals surface area contributed by atoms with Gasteiger partial charge in [0.1, 0.15) is 15.7 Å². The van der Waals surface area contributed by atoms with Gasteiger partial charge in [0.25, 0.3) is 0 Å². The summed E-state index contributed by atoms with van der Waals surface area (Å²) in [6.45, 7) is 4.03. The normalized spacial score (nSPS) is 13.6. The molecule has 0 aliphatic heterocycles. The second-order valence-corrected chi connectivity index (χ2v) is 8.86. The molecule has 2 heterocycles. The first-order valence-corrected chi connectivity index (χ1v) is 11.3. The number of benzene rings is 1. The third-order valence-corrected chi connectivity index (χ3v) is 7.07. The number of thioether (sulfide) groups is 1. The highest BCUT2D eigenvalue weighted by Crippen LogP contribution is 2.39. The molecular formula is C21H23N3OS2. The maximum Gasteiger partial charge on any atom is 0.234 e. The van der Waals surface area contributed by atoms with Gasteiger partial charge in [-0.2, -0.15) is 0 Å². The van der Waals surface area contributed by atoms with E-state index in [4.69, 9.17) is 0 Å². The summed E-state index contributed by atoms with van der Waals surface area (Å²) in [5.41, 5.74) is 3.48. The van der Waals surface area contributed by atoms with Crippen LogP contribution in [0, 0.1) is 6.92 Å². The van der Waals surface area contributed by atoms with Crippen molar-refractivity contribution in [1.82, 2.24) is 9.97 Å². The van der Waals surface area contributed by atoms with Gasteiger partial charge < -0.3 is 5.32 Å². The second-order valence-electron chi connectivity index (χ2n) is 6.81. The molecule has 0 unspecified atom stereocenters. The highest BCUT2D eigenvalue weighted by Gasteiger charge is 2.21. The topological polar surface area (TPSA) is 54.9 Å². The number of carbonyl (C=O) groups is 1. The number of aromatic nitrogens is 2. The third kappa shape index (κ3) is 3.87. The van der Waals surface area contributed by atoms with Crippen molar-refractivity contribution < 1.29 is 4.79 Å². The number of aryl methyl sites for hydroxylation is 4. The first-order chi connectivity index (χ1) is 13.2. The molecule has 0 saturated carbocycles. The maximum absolute atomic E-state index is 12.5. The van der Waals surface area contributed by atoms with Crippen molar-refractivity contribution >= 4 is 44.9 Å². The van der Waals surface area contributed by atoms with E-state index in [1.165, 1.54) is 40.4 Å². The van der Waals surface area contributed by atoms with Gasteiger partial charge in [0.2, 0.25) is 5.91 Å². The summed E-state index contributed by atoms with van der Waals surface area (Å²) in [6.07, 6.45) is 5.63. The van der Waals surface area contributed by atoms with Crippen molar-refractivity contribution in [2.45, 2.75) is 51.0 Å². The van der Waals surface area contributed by atoms with Crippen LogP contribution in [0.25, 0.3) is 10.2 Å². The summed E-state index contributed by atoms with van der Waals surface area (Å²) in [5.74, 6) is 1.14. The summed E-state index contributed by atoms with van der Waals surface area (Å²) in [4.78, 5) is 24.4. The van der Waals surface area contributed by atoms with Gasteiger partial charge in [-0.3, -0.25) is 4.79 Å². The van der Waals surface area contributed by atoms with Crippen LogP contribution in [0.3, 0.4) is 0 Å². The summed E-state index contributed by atoms with van der Waals surface area (Å²) >= 11 is 3.33. The summed E-state index contributed by atoms with van der Waals surface area (Å²) in [7, 11) is 0. The number of nitrogens with zero attached hydrogens (tertiary/aromatic N) is 2. The van der Waals surface area contributed by atoms with Crippen LogP contribution in [0.4, 0.5) is 5.69 Å². The number of para-hydroxylation sites is 1. The Kier molecular flexibility index (Phi) is 5.45. The van der Waals surface area contributed by atoms with Gasteiger partial charge in [-0.1, -0.05) is 36.9 Å². The second kappa shape index (κ2) is 7.98. The van der Waals surface area contributed by atoms with Crippen LogP contribution in [-0.4, -0.2) is 21.6 Å². The van der Waals surface area contributed by atoms with Crippen molar-refractivity contribution in [3.8, 4) is 0 Å². The van der Waals surface area contributed by atoms with Crippen LogP contribution in [0.1, 0.15) is 41.6 Å². The van der Waals surface area contributed by atoms with Gasteiger partial charge in [-0.15, -0.1) is 11.3 Å². The Morgan fingerprint density at radius 1 is 1.22 bits per heavy atom. The summed E-state index contributed by atoms with van der Waals surface area (Å²) < 4.78 is 0. The van der Waals surface area contributed by atoms with Gasteiger partial charge in [-0.25, -0.2) is 9.97 Å². The first kappa shape index (κ1) is 18.4. The lowest BCUT2D eigenvalue weighted by molar-refractivity contribution is -0.113. The minimum Gasteiger partial charge on any atom is -0.325 e. The number of nitrogens with one attached hydrogen (secondary N) is 1. The van der Waals surface area contributed by atoms with Gasteiger partial charge in [0.05, 0.1) is 5.75 Å². The molecule has 3 aromatic rings. The largest absolute Gasteiger partial charge is 0.325 e. The molecule has 0 radical (unpaired) electrons. The van der Waals surface area contributed by atoms with E-state index >= 15 is 0 Å². The van der Waals surface area contributed by atoms with E-state index in [-0.39, 0.29) is 5.91 Å². The lowest BCUT2D eigenvalue weighted by Crippen LogP contribution is -2.15. The zero-order valence-corrected chi connectivity index (χ0v) is 17.3. The van der Waals surface area contributed by atoms with Crippen LogP contribution in [0.15, 0.2) is 29.3 Å². The zero-order chi connectivity index (χ0) is 18.8. The average Bonchev–Trinajstić information content (AvgIpc) is 3.04. The minimum atomic E-state index is 0.00872. The Hall–Kier alpha value is -1.92. The van der Waals surface area contributed by atoms with Crippen molar-refractivity contribution in [2.75, 3.05) is 11.1 Å². The fraction of sp³-hybridized carbons (Fsp3) is 0.381. The molecule has 1 amide bonds. The molecular weight excluding hydrogens is 374 g/mol. The highest BCUT2D eigenvalue weighted by atomic mass is 32.2. The van der Waals surface area contributed by atoms with Crippen molar-refractivity contribution in [3.63, 3.8) is 0 Å². The first-order valence-electron chi connectivity index (χ1n) is 9.45. The van der Waals surface area contributed by atoms with Gasteiger partial charge in [0.15, 0.2) is 0 Å². The zero-order valence-electron chi connectivity index (χ0n) is 15.7. The quantitative estimate of drug-likeness (QED) is 0.476. The van der Waals surface area contributed by atoms with Gasteiger partial charge in [-0.05, 0) is 56.2 Å². The number of thiophene rings is 1. The number of fused-ring (bicyclic) bond motifs is 3. The third-order valence-electron chi connectivity index (χ3n) is 4.91. The van der Waals surface area contributed by atoms with E-state index < -0.39 is 0 Å². The van der Waals surface area contributed by atoms with E-state index in [9.17, 15) is 4.79 Å². The predicted octanol–water partition coefficient (Wildman–Crippen LogP) is 5.17. The Labute approximate surface area is 167 Å². The molecule has 0 atom stereocenters. The molecule has 0 spiro atoms. The monoisotopic (exact) mass is 397 g/mol. The van der Waals surface area contributed by atoms with Crippen LogP contribution >= 0.6 is 23.1 Å². The summed E-state index contributed by atoms with van der Waals surface area (Å²) in [5, 5.41) is 5.19. The van der Waals surface area contributed by atoms with Crippen LogP contribution in [-0.2, 0) is 24.1 Å². The van der Waals surface area contributed by atoms with E-state index in [1.807, 2.05) is 25.1 Å². The number of hydrogen-bond donors (Lipinski definition) is 1. The van der Waals surface area contributed by atoms with Crippen LogP contribution in [0.5, 0.6) is 0 Å². The van der Waals surface area contributed by atoms with Crippen molar-refractivity contribution in [2.24, 2.45) is 0 Å². The minimum absolute atomic E-state index is 0.00872. The maximum atomic E-state index is 12.5. The summed E-state index contributed by atoms with van der Waals surface area (Å²) in [6, 6.07) is 7.97. The molecule has 0 bridgehead atoms. The Morgan fingerprint density at radius 3 is 2.89 bits per heavy atom. The lowest BCUT2D eigenvalue weighted by atomic mass is 9.97. The molecule has 1 N–H and O–H groups in total. The van der Waals surface area contributed by atoms with E-state index in [2.05, 4.69) is 28.3 Å². The molecule has 1 aliphatic rings. The molecule has 0 fully saturated rings. The number of hydrogen-bond acceptors (Lipinski definition) is 5. The highest BCUT2D eigenvalue weighted by molar-refractivity contribution is 8.00. The molecule has 0 saturated heterocycles. The molecule has 2 aromatic heterocycles. The molecule has 4 nitrogen and oxygen atoms in total. The molecule has 1 aromatic carbocycles. The van der Waals surface area contributed by atoms with E-state index in [0.29, 0.717) is 5.75 Å². The van der Waals surface area contributed by atoms with Crippen LogP contribution in [0.2, 0.25) is 0 Å². The number of anilines is 1. The fourth-order valence-corrected chi connectivity index (χ4v) is 5.87. The Bertz CT molecular complexity index is 997. The average molecular weight is 398 g/mol. The van der Waals surface area contributed by atoms with Gasteiger partial charge in [0, 0.05) is 16.0 Å². The molecule has 140 valence electrons. The smallest absolute Gasteiger partial charge is 0.234 e. The van der Waals surface area contributed by atoms with E-state index in [1.54, 1.807) is 11.3 Å². The fourth-order valence-electron chi connectivity index (χ4n) is 3.60. The van der Waals surface area contributed by atoms with Crippen molar-refractivity contribution in [1.29, 1.82) is 0 Å². The predicted molar refractivity (Wildman–Crippen MR) is 114 cm³/mol. The molecule has 1 aliphatic carbocycles.